The van der Waals surface area contributed by atoms with Gasteiger partial charge in [-0.05, 0) is 12.8 Å². The Kier molecular flexibility index (Phi) is 4.49. The molecular formula is C12H21N5O2. The summed E-state index contributed by atoms with van der Waals surface area (Å²) in [7, 11) is 3.47. The molecule has 0 spiro atoms. The molecule has 19 heavy (non-hydrogen) atoms. The molecule has 7 nitrogen and oxygen atoms in total. The number of nitrogens with zero attached hydrogens (tertiary/aromatic N) is 4. The summed E-state index contributed by atoms with van der Waals surface area (Å²) in [5.74, 6) is 1.12. The highest BCUT2D eigenvalue weighted by Gasteiger charge is 2.29. The van der Waals surface area contributed by atoms with Gasteiger partial charge in [-0.3, -0.25) is 4.79 Å². The van der Waals surface area contributed by atoms with Gasteiger partial charge in [0.15, 0.2) is 0 Å². The van der Waals surface area contributed by atoms with E-state index in [1.165, 1.54) is 0 Å². The lowest BCUT2D eigenvalue weighted by molar-refractivity contribution is -0.135. The highest BCUT2D eigenvalue weighted by atomic mass is 16.5. The molecule has 1 aliphatic rings. The predicted molar refractivity (Wildman–Crippen MR) is 69.4 cm³/mol. The third-order valence-electron chi connectivity index (χ3n) is 3.51. The molecule has 2 rings (SSSR count). The molecular weight excluding hydrogens is 246 g/mol. The molecule has 1 aromatic rings. The second-order valence-corrected chi connectivity index (χ2v) is 4.99. The van der Waals surface area contributed by atoms with Crippen LogP contribution in [0.25, 0.3) is 0 Å². The summed E-state index contributed by atoms with van der Waals surface area (Å²) in [6.07, 6.45) is 3.67. The summed E-state index contributed by atoms with van der Waals surface area (Å²) >= 11 is 0. The summed E-state index contributed by atoms with van der Waals surface area (Å²) in [4.78, 5) is 14.0. The zero-order valence-electron chi connectivity index (χ0n) is 11.5. The predicted octanol–water partition coefficient (Wildman–Crippen LogP) is -0.505. The number of carbonyl (C=O) groups excluding carboxylic acids is 1. The molecule has 1 fully saturated rings. The van der Waals surface area contributed by atoms with Crippen LogP contribution in [0, 0.1) is 0 Å². The van der Waals surface area contributed by atoms with Gasteiger partial charge in [-0.2, -0.15) is 0 Å². The summed E-state index contributed by atoms with van der Waals surface area (Å²) in [6.45, 7) is 1.66. The van der Waals surface area contributed by atoms with Crippen molar-refractivity contribution < 1.29 is 9.53 Å². The van der Waals surface area contributed by atoms with E-state index >= 15 is 0 Å². The summed E-state index contributed by atoms with van der Waals surface area (Å²) < 4.78 is 6.85. The second-order valence-electron chi connectivity index (χ2n) is 4.99. The number of ether oxygens (including phenoxy) is 1. The number of carbonyl (C=O) groups is 1. The Balaban J connectivity index is 2.01. The van der Waals surface area contributed by atoms with E-state index in [-0.39, 0.29) is 18.4 Å². The average molecular weight is 267 g/mol. The standard InChI is InChI=1S/C12H21N5O2/c1-16-8-14-15-11(16)9-4-3-5-17(6-9)12(18)10(13)7-19-2/h8-10H,3-7,13H2,1-2H3. The Bertz CT molecular complexity index is 434. The molecule has 0 aromatic carbocycles. The third kappa shape index (κ3) is 3.10. The fourth-order valence-corrected chi connectivity index (χ4v) is 2.54. The third-order valence-corrected chi connectivity index (χ3v) is 3.51. The molecule has 1 saturated heterocycles. The largest absolute Gasteiger partial charge is 0.383 e. The Hall–Kier alpha value is -1.47. The second kappa shape index (κ2) is 6.12. The number of nitrogens with two attached hydrogens (primary N) is 1. The van der Waals surface area contributed by atoms with Crippen molar-refractivity contribution in [3.63, 3.8) is 0 Å². The van der Waals surface area contributed by atoms with E-state index in [1.54, 1.807) is 13.4 Å². The van der Waals surface area contributed by atoms with E-state index in [0.29, 0.717) is 6.54 Å². The lowest BCUT2D eigenvalue weighted by Crippen LogP contribution is -2.49. The van der Waals surface area contributed by atoms with Gasteiger partial charge in [0.25, 0.3) is 0 Å². The van der Waals surface area contributed by atoms with Crippen LogP contribution in [0.5, 0.6) is 0 Å². The molecule has 7 heteroatoms. The van der Waals surface area contributed by atoms with Gasteiger partial charge in [-0.25, -0.2) is 0 Å². The molecule has 2 N–H and O–H groups in total. The zero-order valence-corrected chi connectivity index (χ0v) is 11.5. The van der Waals surface area contributed by atoms with Crippen LogP contribution in [0.2, 0.25) is 0 Å². The molecule has 0 aliphatic carbocycles. The molecule has 2 heterocycles. The molecule has 2 unspecified atom stereocenters. The van der Waals surface area contributed by atoms with Crippen LogP contribution in [0.4, 0.5) is 0 Å². The Morgan fingerprint density at radius 2 is 2.47 bits per heavy atom. The van der Waals surface area contributed by atoms with Gasteiger partial charge in [-0.15, -0.1) is 10.2 Å². The summed E-state index contributed by atoms with van der Waals surface area (Å²) in [6, 6.07) is -0.580. The SMILES string of the molecule is COCC(N)C(=O)N1CCCC(c2nncn2C)C1. The van der Waals surface area contributed by atoms with Crippen LogP contribution in [0.1, 0.15) is 24.6 Å². The molecule has 0 bridgehead atoms. The number of hydrogen-bond donors (Lipinski definition) is 1. The van der Waals surface area contributed by atoms with E-state index in [1.807, 2.05) is 16.5 Å². The quantitative estimate of drug-likeness (QED) is 0.794. The summed E-state index contributed by atoms with van der Waals surface area (Å²) in [5.41, 5.74) is 5.80. The minimum absolute atomic E-state index is 0.0475. The van der Waals surface area contributed by atoms with E-state index < -0.39 is 6.04 Å². The van der Waals surface area contributed by atoms with Crippen molar-refractivity contribution in [1.82, 2.24) is 19.7 Å². The van der Waals surface area contributed by atoms with Crippen molar-refractivity contribution in [3.05, 3.63) is 12.2 Å². The molecule has 106 valence electrons. The van der Waals surface area contributed by atoms with E-state index in [9.17, 15) is 4.79 Å². The number of amides is 1. The lowest BCUT2D eigenvalue weighted by atomic mass is 9.96. The normalized spacial score (nSPS) is 21.4. The van der Waals surface area contributed by atoms with Gasteiger partial charge in [-0.1, -0.05) is 0 Å². The monoisotopic (exact) mass is 267 g/mol. The number of methoxy groups -OCH3 is 1. The maximum absolute atomic E-state index is 12.2. The van der Waals surface area contributed by atoms with Crippen LogP contribution in [0.3, 0.4) is 0 Å². The number of hydrogen-bond acceptors (Lipinski definition) is 5. The fraction of sp³-hybridized carbons (Fsp3) is 0.750. The first-order chi connectivity index (χ1) is 9.13. The Morgan fingerprint density at radius 3 is 3.11 bits per heavy atom. The number of rotatable bonds is 4. The first kappa shape index (κ1) is 14.0. The molecule has 1 aliphatic heterocycles. The molecule has 0 saturated carbocycles. The van der Waals surface area contributed by atoms with Crippen LogP contribution in [0.15, 0.2) is 6.33 Å². The van der Waals surface area contributed by atoms with Crippen molar-refractivity contribution in [2.75, 3.05) is 26.8 Å². The minimum atomic E-state index is -0.580. The van der Waals surface area contributed by atoms with E-state index in [4.69, 9.17) is 10.5 Å². The van der Waals surface area contributed by atoms with Crippen LogP contribution in [-0.2, 0) is 16.6 Å². The number of aryl methyl sites for hydroxylation is 1. The molecule has 0 radical (unpaired) electrons. The molecule has 1 aromatic heterocycles. The molecule has 2 atom stereocenters. The van der Waals surface area contributed by atoms with Gasteiger partial charge >= 0.3 is 0 Å². The van der Waals surface area contributed by atoms with Crippen molar-refractivity contribution >= 4 is 5.91 Å². The van der Waals surface area contributed by atoms with Gasteiger partial charge < -0.3 is 19.9 Å². The van der Waals surface area contributed by atoms with Gasteiger partial charge in [0.2, 0.25) is 5.91 Å². The number of likely N-dealkylation sites (tertiary alicyclic amines) is 1. The van der Waals surface area contributed by atoms with E-state index in [0.717, 1.165) is 25.2 Å². The first-order valence-corrected chi connectivity index (χ1v) is 6.50. The number of piperidine rings is 1. The fourth-order valence-electron chi connectivity index (χ4n) is 2.54. The van der Waals surface area contributed by atoms with Gasteiger partial charge in [0.1, 0.15) is 18.2 Å². The first-order valence-electron chi connectivity index (χ1n) is 6.50. The van der Waals surface area contributed by atoms with Crippen molar-refractivity contribution in [3.8, 4) is 0 Å². The Morgan fingerprint density at radius 1 is 1.68 bits per heavy atom. The van der Waals surface area contributed by atoms with Crippen LogP contribution < -0.4 is 5.73 Å². The number of aromatic nitrogens is 3. The maximum atomic E-state index is 12.2. The topological polar surface area (TPSA) is 86.3 Å². The van der Waals surface area contributed by atoms with Gasteiger partial charge in [0.05, 0.1) is 6.61 Å². The molecule has 1 amide bonds. The highest BCUT2D eigenvalue weighted by molar-refractivity contribution is 5.82. The average Bonchev–Trinajstić information content (AvgIpc) is 2.84. The minimum Gasteiger partial charge on any atom is -0.383 e. The highest BCUT2D eigenvalue weighted by Crippen LogP contribution is 2.25. The van der Waals surface area contributed by atoms with Gasteiger partial charge in [0, 0.05) is 33.2 Å². The van der Waals surface area contributed by atoms with Crippen LogP contribution >= 0.6 is 0 Å². The van der Waals surface area contributed by atoms with Crippen molar-refractivity contribution in [1.29, 1.82) is 0 Å². The lowest BCUT2D eigenvalue weighted by Gasteiger charge is -2.33. The van der Waals surface area contributed by atoms with Crippen molar-refractivity contribution in [2.45, 2.75) is 24.8 Å². The van der Waals surface area contributed by atoms with Crippen molar-refractivity contribution in [2.24, 2.45) is 12.8 Å². The zero-order chi connectivity index (χ0) is 13.8. The van der Waals surface area contributed by atoms with Crippen LogP contribution in [-0.4, -0.2) is 58.4 Å². The maximum Gasteiger partial charge on any atom is 0.241 e. The smallest absolute Gasteiger partial charge is 0.241 e. The Labute approximate surface area is 112 Å². The van der Waals surface area contributed by atoms with E-state index in [2.05, 4.69) is 10.2 Å². The summed E-state index contributed by atoms with van der Waals surface area (Å²) in [5, 5.41) is 8.03.